The lowest BCUT2D eigenvalue weighted by molar-refractivity contribution is -0.0223. The number of ether oxygens (including phenoxy) is 5. The van der Waals surface area contributed by atoms with E-state index in [2.05, 4.69) is 9.97 Å². The SMILES string of the molecule is c1cn(COCCOCCOCCOCCOCn2ccnc2)cn1. The summed E-state index contributed by atoms with van der Waals surface area (Å²) in [4.78, 5) is 7.86. The first-order valence-electron chi connectivity index (χ1n) is 8.25. The van der Waals surface area contributed by atoms with Crippen LogP contribution in [-0.2, 0) is 37.1 Å². The average molecular weight is 354 g/mol. The Bertz CT molecular complexity index is 460. The smallest absolute Gasteiger partial charge is 0.123 e. The van der Waals surface area contributed by atoms with Crippen LogP contribution >= 0.6 is 0 Å². The standard InChI is InChI=1S/C16H26N4O5/c1-3-19(13-17-1)15-24-11-9-22-7-5-21-6-8-23-10-12-25-16-20-4-2-18-14-20/h1-4,13-14H,5-12,15-16H2. The van der Waals surface area contributed by atoms with E-state index in [1.807, 2.05) is 21.5 Å². The van der Waals surface area contributed by atoms with E-state index >= 15 is 0 Å². The summed E-state index contributed by atoms with van der Waals surface area (Å²) in [5.74, 6) is 0. The van der Waals surface area contributed by atoms with Gasteiger partial charge in [-0.1, -0.05) is 0 Å². The Labute approximate surface area is 147 Å². The van der Waals surface area contributed by atoms with Crippen LogP contribution < -0.4 is 0 Å². The summed E-state index contributed by atoms with van der Waals surface area (Å²) in [7, 11) is 0. The van der Waals surface area contributed by atoms with Crippen LogP contribution in [0, 0.1) is 0 Å². The second kappa shape index (κ2) is 13.5. The van der Waals surface area contributed by atoms with Crippen LogP contribution in [0.1, 0.15) is 0 Å². The predicted octanol–water partition coefficient (Wildman–Crippen LogP) is 0.778. The molecule has 0 unspecified atom stereocenters. The summed E-state index contributed by atoms with van der Waals surface area (Å²) in [5, 5.41) is 0. The van der Waals surface area contributed by atoms with Crippen LogP contribution in [0.3, 0.4) is 0 Å². The van der Waals surface area contributed by atoms with Gasteiger partial charge in [-0.05, 0) is 0 Å². The van der Waals surface area contributed by atoms with Crippen molar-refractivity contribution in [2.24, 2.45) is 0 Å². The number of hydrogen-bond donors (Lipinski definition) is 0. The lowest BCUT2D eigenvalue weighted by Gasteiger charge is -2.08. The average Bonchev–Trinajstić information content (AvgIpc) is 3.32. The van der Waals surface area contributed by atoms with E-state index in [0.29, 0.717) is 66.3 Å². The molecule has 0 aromatic carbocycles. The van der Waals surface area contributed by atoms with Crippen molar-refractivity contribution in [1.82, 2.24) is 19.1 Å². The zero-order chi connectivity index (χ0) is 17.4. The molecule has 25 heavy (non-hydrogen) atoms. The van der Waals surface area contributed by atoms with Crippen molar-refractivity contribution < 1.29 is 23.7 Å². The predicted molar refractivity (Wildman–Crippen MR) is 88.8 cm³/mol. The van der Waals surface area contributed by atoms with Gasteiger partial charge in [0.2, 0.25) is 0 Å². The van der Waals surface area contributed by atoms with Gasteiger partial charge in [0.25, 0.3) is 0 Å². The van der Waals surface area contributed by atoms with Crippen LogP contribution in [0.4, 0.5) is 0 Å². The first-order chi connectivity index (χ1) is 12.4. The summed E-state index contributed by atoms with van der Waals surface area (Å²) >= 11 is 0. The molecule has 0 amide bonds. The normalized spacial score (nSPS) is 11.2. The lowest BCUT2D eigenvalue weighted by Crippen LogP contribution is -2.14. The minimum atomic E-state index is 0.489. The molecule has 2 heterocycles. The summed E-state index contributed by atoms with van der Waals surface area (Å²) in [6.45, 7) is 5.33. The topological polar surface area (TPSA) is 81.8 Å². The molecule has 0 aliphatic carbocycles. The van der Waals surface area contributed by atoms with E-state index in [9.17, 15) is 0 Å². The van der Waals surface area contributed by atoms with E-state index < -0.39 is 0 Å². The minimum absolute atomic E-state index is 0.489. The third-order valence-corrected chi connectivity index (χ3v) is 3.09. The Morgan fingerprint density at radius 3 is 1.20 bits per heavy atom. The number of nitrogens with zero attached hydrogens (tertiary/aromatic N) is 4. The fourth-order valence-corrected chi connectivity index (χ4v) is 1.84. The minimum Gasteiger partial charge on any atom is -0.377 e. The van der Waals surface area contributed by atoms with E-state index in [-0.39, 0.29) is 0 Å². The fraction of sp³-hybridized carbons (Fsp3) is 0.625. The quantitative estimate of drug-likeness (QED) is 0.412. The first kappa shape index (κ1) is 19.5. The Morgan fingerprint density at radius 2 is 0.880 bits per heavy atom. The lowest BCUT2D eigenvalue weighted by atomic mass is 10.7. The highest BCUT2D eigenvalue weighted by Gasteiger charge is 1.94. The maximum atomic E-state index is 5.41. The Hall–Kier alpha value is -1.78. The molecule has 0 atom stereocenters. The molecule has 2 aromatic rings. The zero-order valence-electron chi connectivity index (χ0n) is 14.4. The highest BCUT2D eigenvalue weighted by atomic mass is 16.6. The van der Waals surface area contributed by atoms with Gasteiger partial charge in [0, 0.05) is 24.8 Å². The molecule has 140 valence electrons. The molecular weight excluding hydrogens is 328 g/mol. The van der Waals surface area contributed by atoms with Crippen molar-refractivity contribution in [3.05, 3.63) is 37.4 Å². The molecule has 0 spiro atoms. The molecule has 0 bridgehead atoms. The summed E-state index contributed by atoms with van der Waals surface area (Å²) < 4.78 is 30.8. The fourth-order valence-electron chi connectivity index (χ4n) is 1.84. The number of imidazole rings is 2. The van der Waals surface area contributed by atoms with Crippen LogP contribution in [0.2, 0.25) is 0 Å². The van der Waals surface area contributed by atoms with Crippen molar-refractivity contribution in [3.63, 3.8) is 0 Å². The van der Waals surface area contributed by atoms with Crippen molar-refractivity contribution in [3.8, 4) is 0 Å². The van der Waals surface area contributed by atoms with Gasteiger partial charge in [-0.2, -0.15) is 0 Å². The second-order valence-electron chi connectivity index (χ2n) is 5.07. The molecule has 9 nitrogen and oxygen atoms in total. The largest absolute Gasteiger partial charge is 0.377 e. The van der Waals surface area contributed by atoms with Gasteiger partial charge in [-0.25, -0.2) is 9.97 Å². The van der Waals surface area contributed by atoms with E-state index in [0.717, 1.165) is 0 Å². The van der Waals surface area contributed by atoms with Gasteiger partial charge in [0.1, 0.15) is 13.5 Å². The number of hydrogen-bond acceptors (Lipinski definition) is 7. The highest BCUT2D eigenvalue weighted by molar-refractivity contribution is 4.72. The molecule has 0 radical (unpaired) electrons. The third-order valence-electron chi connectivity index (χ3n) is 3.09. The van der Waals surface area contributed by atoms with Gasteiger partial charge >= 0.3 is 0 Å². The van der Waals surface area contributed by atoms with Crippen molar-refractivity contribution in [2.45, 2.75) is 13.5 Å². The zero-order valence-corrected chi connectivity index (χ0v) is 14.4. The van der Waals surface area contributed by atoms with Gasteiger partial charge < -0.3 is 32.8 Å². The molecule has 0 aliphatic heterocycles. The molecular formula is C16H26N4O5. The van der Waals surface area contributed by atoms with Crippen molar-refractivity contribution in [2.75, 3.05) is 52.9 Å². The van der Waals surface area contributed by atoms with Crippen LogP contribution in [0.15, 0.2) is 37.4 Å². The Morgan fingerprint density at radius 1 is 0.520 bits per heavy atom. The maximum absolute atomic E-state index is 5.41. The molecule has 0 saturated heterocycles. The van der Waals surface area contributed by atoms with Gasteiger partial charge in [-0.3, -0.25) is 0 Å². The molecule has 0 aliphatic rings. The van der Waals surface area contributed by atoms with Gasteiger partial charge in [0.15, 0.2) is 0 Å². The summed E-state index contributed by atoms with van der Waals surface area (Å²) in [6, 6.07) is 0. The monoisotopic (exact) mass is 354 g/mol. The molecule has 2 rings (SSSR count). The maximum Gasteiger partial charge on any atom is 0.123 e. The Balaban J connectivity index is 1.24. The number of aromatic nitrogens is 4. The van der Waals surface area contributed by atoms with Gasteiger partial charge in [0.05, 0.1) is 65.5 Å². The van der Waals surface area contributed by atoms with Crippen LogP contribution in [0.25, 0.3) is 0 Å². The van der Waals surface area contributed by atoms with Crippen molar-refractivity contribution >= 4 is 0 Å². The third kappa shape index (κ3) is 9.95. The first-order valence-corrected chi connectivity index (χ1v) is 8.25. The molecule has 0 saturated carbocycles. The number of rotatable bonds is 16. The van der Waals surface area contributed by atoms with E-state index in [1.165, 1.54) is 0 Å². The van der Waals surface area contributed by atoms with Crippen LogP contribution in [-0.4, -0.2) is 72.0 Å². The summed E-state index contributed by atoms with van der Waals surface area (Å²) in [5.41, 5.74) is 0. The summed E-state index contributed by atoms with van der Waals surface area (Å²) in [6.07, 6.45) is 10.6. The Kier molecular flexibility index (Phi) is 10.6. The molecule has 2 aromatic heterocycles. The highest BCUT2D eigenvalue weighted by Crippen LogP contribution is 1.89. The second-order valence-corrected chi connectivity index (χ2v) is 5.07. The van der Waals surface area contributed by atoms with E-state index in [4.69, 9.17) is 23.7 Å². The van der Waals surface area contributed by atoms with Crippen molar-refractivity contribution in [1.29, 1.82) is 0 Å². The molecule has 0 fully saturated rings. The van der Waals surface area contributed by atoms with E-state index in [1.54, 1.807) is 25.0 Å². The van der Waals surface area contributed by atoms with Crippen LogP contribution in [0.5, 0.6) is 0 Å². The molecule has 0 N–H and O–H groups in total. The van der Waals surface area contributed by atoms with Gasteiger partial charge in [-0.15, -0.1) is 0 Å². The molecule has 9 heteroatoms.